The van der Waals surface area contributed by atoms with E-state index in [4.69, 9.17) is 0 Å². The van der Waals surface area contributed by atoms with Crippen LogP contribution in [0, 0.1) is 0 Å². The summed E-state index contributed by atoms with van der Waals surface area (Å²) in [4.78, 5) is 4.07. The number of rotatable bonds is 2. The molecule has 14 heavy (non-hydrogen) atoms. The summed E-state index contributed by atoms with van der Waals surface area (Å²) in [6, 6.07) is 7.48. The Balaban J connectivity index is 0.000000980. The van der Waals surface area contributed by atoms with Gasteiger partial charge < -0.3 is 4.55 Å². The van der Waals surface area contributed by atoms with Gasteiger partial charge in [-0.15, -0.1) is 0 Å². The first-order valence-corrected chi connectivity index (χ1v) is 5.36. The minimum Gasteiger partial charge on any atom is -0.755 e. The molecule has 0 spiro atoms. The van der Waals surface area contributed by atoms with E-state index < -0.39 is 11.3 Å². The second-order valence-corrected chi connectivity index (χ2v) is 4.03. The fourth-order valence-electron chi connectivity index (χ4n) is 0.987. The van der Waals surface area contributed by atoms with E-state index in [1.165, 1.54) is 11.3 Å². The number of hydrogen-bond acceptors (Lipinski definition) is 4. The van der Waals surface area contributed by atoms with Crippen LogP contribution < -0.4 is 4.72 Å². The number of hydrogen-bond donors (Lipinski definition) is 1. The summed E-state index contributed by atoms with van der Waals surface area (Å²) in [5.74, 6) is 0. The molecule has 1 aromatic carbocycles. The van der Waals surface area contributed by atoms with Crippen molar-refractivity contribution in [1.82, 2.24) is 4.98 Å². The van der Waals surface area contributed by atoms with E-state index >= 15 is 0 Å². The maximum Gasteiger partial charge on any atom is 0.194 e. The van der Waals surface area contributed by atoms with Crippen LogP contribution in [0.5, 0.6) is 0 Å². The third-order valence-electron chi connectivity index (χ3n) is 1.46. The van der Waals surface area contributed by atoms with Gasteiger partial charge in [0.25, 0.3) is 0 Å². The van der Waals surface area contributed by atoms with E-state index in [-0.39, 0.29) is 29.6 Å². The van der Waals surface area contributed by atoms with Crippen LogP contribution in [0.2, 0.25) is 0 Å². The van der Waals surface area contributed by atoms with Gasteiger partial charge in [0.1, 0.15) is 0 Å². The molecular weight excluding hydrogens is 231 g/mol. The van der Waals surface area contributed by atoms with Crippen LogP contribution in [0.3, 0.4) is 0 Å². The average molecular weight is 236 g/mol. The topological polar surface area (TPSA) is 65.0 Å². The van der Waals surface area contributed by atoms with Crippen molar-refractivity contribution >= 4 is 67.5 Å². The van der Waals surface area contributed by atoms with Crippen LogP contribution in [-0.4, -0.2) is 43.3 Å². The number of anilines is 1. The van der Waals surface area contributed by atoms with E-state index in [0.29, 0.717) is 5.13 Å². The monoisotopic (exact) mass is 236 g/mol. The van der Waals surface area contributed by atoms with Gasteiger partial charge in [0.15, 0.2) is 5.13 Å². The second kappa shape index (κ2) is 5.20. The molecule has 1 atom stereocenters. The summed E-state index contributed by atoms with van der Waals surface area (Å²) in [5.41, 5.74) is 0.806. The van der Waals surface area contributed by atoms with E-state index in [2.05, 4.69) is 9.71 Å². The predicted octanol–water partition coefficient (Wildman–Crippen LogP) is 1.12. The molecule has 2 rings (SSSR count). The minimum atomic E-state index is -2.30. The number of fused-ring (bicyclic) bond motifs is 1. The Kier molecular flexibility index (Phi) is 4.49. The summed E-state index contributed by atoms with van der Waals surface area (Å²) < 4.78 is 23.8. The Morgan fingerprint density at radius 2 is 2.14 bits per heavy atom. The van der Waals surface area contributed by atoms with Gasteiger partial charge in [0, 0.05) is 40.8 Å². The van der Waals surface area contributed by atoms with Gasteiger partial charge in [0.2, 0.25) is 0 Å². The smallest absolute Gasteiger partial charge is 0.194 e. The van der Waals surface area contributed by atoms with Crippen molar-refractivity contribution in [3.63, 3.8) is 0 Å². The summed E-state index contributed by atoms with van der Waals surface area (Å²) in [7, 11) is 0. The largest absolute Gasteiger partial charge is 0.755 e. The zero-order chi connectivity index (χ0) is 9.26. The maximum absolute atomic E-state index is 10.3. The summed E-state index contributed by atoms with van der Waals surface area (Å²) in [6.07, 6.45) is 0. The molecule has 0 fully saturated rings. The Hall–Kier alpha value is 0.0200. The molecule has 2 aromatic rings. The number of thiazole rings is 1. The Morgan fingerprint density at radius 3 is 2.79 bits per heavy atom. The molecule has 1 heterocycles. The fourth-order valence-corrected chi connectivity index (χ4v) is 2.26. The van der Waals surface area contributed by atoms with E-state index in [0.717, 1.165) is 10.2 Å². The Morgan fingerprint density at radius 1 is 1.43 bits per heavy atom. The third kappa shape index (κ3) is 2.75. The number of aromatic nitrogens is 1. The number of nitrogens with one attached hydrogen (secondary N) is 1. The van der Waals surface area contributed by atoms with E-state index in [1.807, 2.05) is 24.3 Å². The second-order valence-electron chi connectivity index (χ2n) is 2.32. The summed E-state index contributed by atoms with van der Waals surface area (Å²) in [6.45, 7) is 0. The Bertz CT molecular complexity index is 427. The van der Waals surface area contributed by atoms with Gasteiger partial charge in [0.05, 0.1) is 10.2 Å². The zero-order valence-corrected chi connectivity index (χ0v) is 11.0. The van der Waals surface area contributed by atoms with Crippen molar-refractivity contribution < 1.29 is 8.76 Å². The van der Waals surface area contributed by atoms with Crippen molar-refractivity contribution in [1.29, 1.82) is 0 Å². The molecule has 4 nitrogen and oxygen atoms in total. The van der Waals surface area contributed by atoms with Crippen molar-refractivity contribution in [2.24, 2.45) is 0 Å². The van der Waals surface area contributed by atoms with Gasteiger partial charge in [-0.1, -0.05) is 23.5 Å². The van der Waals surface area contributed by atoms with Crippen LogP contribution in [0.1, 0.15) is 0 Å². The molecule has 0 saturated carbocycles. The van der Waals surface area contributed by atoms with Gasteiger partial charge in [-0.05, 0) is 12.1 Å². The fraction of sp³-hybridized carbons (Fsp3) is 0. The van der Waals surface area contributed by atoms with Crippen LogP contribution in [0.4, 0.5) is 5.13 Å². The molecule has 0 aliphatic carbocycles. The quantitative estimate of drug-likeness (QED) is 0.627. The SMILES string of the molecule is O=S([O-])Nc1nc2ccccc2s1.[Na]. The molecule has 1 N–H and O–H groups in total. The van der Waals surface area contributed by atoms with Crippen LogP contribution >= 0.6 is 11.3 Å². The standard InChI is InChI=1S/C7H6N2O2S2.Na/c10-13(11)9-7-8-5-3-1-2-4-6(5)12-7;/h1-4H,(H,8,9)(H,10,11);/p-1. The van der Waals surface area contributed by atoms with Crippen LogP contribution in [0.15, 0.2) is 24.3 Å². The predicted molar refractivity (Wildman–Crippen MR) is 57.9 cm³/mol. The molecule has 69 valence electrons. The Labute approximate surface area is 109 Å². The summed E-state index contributed by atoms with van der Waals surface area (Å²) in [5, 5.41) is 0.398. The average Bonchev–Trinajstić information content (AvgIpc) is 2.44. The molecule has 0 bridgehead atoms. The van der Waals surface area contributed by atoms with Gasteiger partial charge in [-0.2, -0.15) is 0 Å². The molecule has 0 amide bonds. The first kappa shape index (κ1) is 12.1. The minimum absolute atomic E-state index is 0. The van der Waals surface area contributed by atoms with Gasteiger partial charge in [-0.25, -0.2) is 4.98 Å². The van der Waals surface area contributed by atoms with Crippen LogP contribution in [-0.2, 0) is 11.3 Å². The normalized spacial score (nSPS) is 12.1. The summed E-state index contributed by atoms with van der Waals surface area (Å²) >= 11 is -0.985. The third-order valence-corrected chi connectivity index (χ3v) is 2.91. The molecule has 0 aliphatic rings. The number of benzene rings is 1. The van der Waals surface area contributed by atoms with E-state index in [9.17, 15) is 8.76 Å². The van der Waals surface area contributed by atoms with Crippen molar-refractivity contribution in [2.75, 3.05) is 4.72 Å². The van der Waals surface area contributed by atoms with Crippen molar-refractivity contribution in [3.8, 4) is 0 Å². The first-order valence-electron chi connectivity index (χ1n) is 3.47. The van der Waals surface area contributed by atoms with Gasteiger partial charge in [-0.3, -0.25) is 8.93 Å². The van der Waals surface area contributed by atoms with Crippen LogP contribution in [0.25, 0.3) is 10.2 Å². The molecule has 0 saturated heterocycles. The number of para-hydroxylation sites is 1. The van der Waals surface area contributed by atoms with Gasteiger partial charge >= 0.3 is 0 Å². The maximum atomic E-state index is 10.3. The molecule has 1 unspecified atom stereocenters. The zero-order valence-electron chi connectivity index (χ0n) is 7.39. The van der Waals surface area contributed by atoms with E-state index in [1.54, 1.807) is 0 Å². The molecule has 1 aromatic heterocycles. The van der Waals surface area contributed by atoms with Crippen molar-refractivity contribution in [3.05, 3.63) is 24.3 Å². The molecular formula is C7H5N2NaO2S2-. The molecule has 1 radical (unpaired) electrons. The molecule has 0 aliphatic heterocycles. The first-order chi connectivity index (χ1) is 6.25. The number of nitrogens with zero attached hydrogens (tertiary/aromatic N) is 1. The van der Waals surface area contributed by atoms with Crippen molar-refractivity contribution in [2.45, 2.75) is 0 Å². The molecule has 7 heteroatoms.